The molecule has 2 aliphatic rings. The molecule has 0 saturated heterocycles. The van der Waals surface area contributed by atoms with Crippen LogP contribution in [0.4, 0.5) is 0 Å². The summed E-state index contributed by atoms with van der Waals surface area (Å²) in [6.07, 6.45) is 4.83. The van der Waals surface area contributed by atoms with Gasteiger partial charge in [-0.05, 0) is 48.3 Å². The van der Waals surface area contributed by atoms with Crippen molar-refractivity contribution in [2.24, 2.45) is 22.7 Å². The lowest BCUT2D eigenvalue weighted by molar-refractivity contribution is 0.0149. The van der Waals surface area contributed by atoms with Gasteiger partial charge >= 0.3 is 0 Å². The van der Waals surface area contributed by atoms with Gasteiger partial charge in [-0.15, -0.1) is 0 Å². The van der Waals surface area contributed by atoms with Gasteiger partial charge in [-0.25, -0.2) is 0 Å². The summed E-state index contributed by atoms with van der Waals surface area (Å²) < 4.78 is 0. The molecule has 0 aromatic carbocycles. The van der Waals surface area contributed by atoms with Crippen molar-refractivity contribution in [3.63, 3.8) is 0 Å². The molecule has 2 aliphatic carbocycles. The van der Waals surface area contributed by atoms with E-state index in [2.05, 4.69) is 27.7 Å². The topological polar surface area (TPSA) is 20.2 Å². The molecule has 3 atom stereocenters. The molecule has 0 radical (unpaired) electrons. The lowest BCUT2D eigenvalue weighted by Crippen LogP contribution is -2.34. The first-order chi connectivity index (χ1) is 6.37. The highest BCUT2D eigenvalue weighted by atomic mass is 16.3. The summed E-state index contributed by atoms with van der Waals surface area (Å²) in [6.45, 7) is 9.40. The molecular weight excluding hydrogens is 172 g/mol. The van der Waals surface area contributed by atoms with E-state index >= 15 is 0 Å². The highest BCUT2D eigenvalue weighted by Gasteiger charge is 2.55. The molecule has 0 aromatic rings. The van der Waals surface area contributed by atoms with Gasteiger partial charge in [-0.3, -0.25) is 0 Å². The van der Waals surface area contributed by atoms with E-state index in [-0.39, 0.29) is 6.10 Å². The standard InChI is InChI=1S/C13H24O/c1-9(2)13-6-5-11(14)10(7-13)12(3,4)8-13/h9-11,14H,5-8H2,1-4H3. The van der Waals surface area contributed by atoms with Crippen LogP contribution >= 0.6 is 0 Å². The Labute approximate surface area is 87.9 Å². The fourth-order valence-electron chi connectivity index (χ4n) is 4.04. The summed E-state index contributed by atoms with van der Waals surface area (Å²) in [5, 5.41) is 10.0. The van der Waals surface area contributed by atoms with E-state index in [0.717, 1.165) is 12.3 Å². The minimum atomic E-state index is -0.0284. The van der Waals surface area contributed by atoms with E-state index in [9.17, 15) is 5.11 Å². The zero-order valence-corrected chi connectivity index (χ0v) is 10.0. The first-order valence-corrected chi connectivity index (χ1v) is 6.05. The Bertz CT molecular complexity index is 231. The average molecular weight is 196 g/mol. The fraction of sp³-hybridized carbons (Fsp3) is 1.00. The van der Waals surface area contributed by atoms with Gasteiger partial charge in [-0.2, -0.15) is 0 Å². The van der Waals surface area contributed by atoms with Gasteiger partial charge in [0, 0.05) is 0 Å². The molecule has 14 heavy (non-hydrogen) atoms. The summed E-state index contributed by atoms with van der Waals surface area (Å²) in [7, 11) is 0. The minimum absolute atomic E-state index is 0.0284. The zero-order chi connectivity index (χ0) is 10.6. The van der Waals surface area contributed by atoms with E-state index in [4.69, 9.17) is 0 Å². The second-order valence-corrected chi connectivity index (χ2v) is 6.60. The summed E-state index contributed by atoms with van der Waals surface area (Å²) in [4.78, 5) is 0. The van der Waals surface area contributed by atoms with Gasteiger partial charge in [0.25, 0.3) is 0 Å². The normalized spacial score (nSPS) is 45.9. The molecule has 2 fully saturated rings. The summed E-state index contributed by atoms with van der Waals surface area (Å²) in [5.41, 5.74) is 0.910. The smallest absolute Gasteiger partial charge is 0.0573 e. The van der Waals surface area contributed by atoms with Crippen LogP contribution in [0.3, 0.4) is 0 Å². The van der Waals surface area contributed by atoms with E-state index in [1.165, 1.54) is 19.3 Å². The van der Waals surface area contributed by atoms with Gasteiger partial charge in [0.1, 0.15) is 0 Å². The Morgan fingerprint density at radius 2 is 1.93 bits per heavy atom. The predicted molar refractivity (Wildman–Crippen MR) is 59.0 cm³/mol. The van der Waals surface area contributed by atoms with Crippen LogP contribution in [-0.4, -0.2) is 11.2 Å². The Morgan fingerprint density at radius 3 is 2.50 bits per heavy atom. The number of hydrogen-bond acceptors (Lipinski definition) is 1. The highest BCUT2D eigenvalue weighted by molar-refractivity contribution is 5.05. The molecule has 1 nitrogen and oxygen atoms in total. The Kier molecular flexibility index (Phi) is 2.23. The van der Waals surface area contributed by atoms with E-state index in [1.807, 2.05) is 0 Å². The molecule has 82 valence electrons. The number of aliphatic hydroxyl groups is 1. The number of aliphatic hydroxyl groups excluding tert-OH is 1. The monoisotopic (exact) mass is 196 g/mol. The highest BCUT2D eigenvalue weighted by Crippen LogP contribution is 2.62. The van der Waals surface area contributed by atoms with Gasteiger partial charge in [0.2, 0.25) is 0 Å². The van der Waals surface area contributed by atoms with Crippen LogP contribution in [0.15, 0.2) is 0 Å². The molecule has 0 spiro atoms. The Balaban J connectivity index is 2.28. The van der Waals surface area contributed by atoms with Gasteiger partial charge in [0.15, 0.2) is 0 Å². The molecule has 0 aliphatic heterocycles. The Morgan fingerprint density at radius 1 is 1.29 bits per heavy atom. The number of rotatable bonds is 1. The van der Waals surface area contributed by atoms with Crippen LogP contribution in [0.5, 0.6) is 0 Å². The summed E-state index contributed by atoms with van der Waals surface area (Å²) in [5.74, 6) is 1.33. The molecule has 0 aromatic heterocycles. The maximum atomic E-state index is 10.0. The zero-order valence-electron chi connectivity index (χ0n) is 10.0. The molecular formula is C13H24O. The third kappa shape index (κ3) is 1.32. The van der Waals surface area contributed by atoms with E-state index < -0.39 is 0 Å². The predicted octanol–water partition coefficient (Wildman–Crippen LogP) is 3.22. The lowest BCUT2D eigenvalue weighted by Gasteiger charge is -2.38. The van der Waals surface area contributed by atoms with Crippen molar-refractivity contribution in [3.8, 4) is 0 Å². The second-order valence-electron chi connectivity index (χ2n) is 6.60. The molecule has 1 heteroatoms. The fourth-order valence-corrected chi connectivity index (χ4v) is 4.04. The van der Waals surface area contributed by atoms with Crippen LogP contribution in [0, 0.1) is 22.7 Å². The largest absolute Gasteiger partial charge is 0.393 e. The van der Waals surface area contributed by atoms with Gasteiger partial charge < -0.3 is 5.11 Å². The number of fused-ring (bicyclic) bond motifs is 2. The van der Waals surface area contributed by atoms with Crippen molar-refractivity contribution >= 4 is 0 Å². The molecule has 0 heterocycles. The van der Waals surface area contributed by atoms with Crippen molar-refractivity contribution in [2.45, 2.75) is 59.5 Å². The van der Waals surface area contributed by atoms with Gasteiger partial charge in [0.05, 0.1) is 6.10 Å². The molecule has 1 N–H and O–H groups in total. The van der Waals surface area contributed by atoms with Crippen LogP contribution in [0.2, 0.25) is 0 Å². The average Bonchev–Trinajstić information content (AvgIpc) is 2.30. The van der Waals surface area contributed by atoms with Crippen molar-refractivity contribution in [1.29, 1.82) is 0 Å². The quantitative estimate of drug-likeness (QED) is 0.682. The van der Waals surface area contributed by atoms with Crippen LogP contribution in [-0.2, 0) is 0 Å². The third-order valence-corrected chi connectivity index (χ3v) is 5.07. The van der Waals surface area contributed by atoms with Crippen molar-refractivity contribution in [2.75, 3.05) is 0 Å². The molecule has 3 unspecified atom stereocenters. The molecule has 0 amide bonds. The summed E-state index contributed by atoms with van der Waals surface area (Å²) in [6, 6.07) is 0. The maximum Gasteiger partial charge on any atom is 0.0573 e. The summed E-state index contributed by atoms with van der Waals surface area (Å²) >= 11 is 0. The second kappa shape index (κ2) is 2.98. The molecule has 2 rings (SSSR count). The minimum Gasteiger partial charge on any atom is -0.393 e. The SMILES string of the molecule is CC(C)C12CCC(O)C(C1)C(C)(C)C2. The van der Waals surface area contributed by atoms with Crippen LogP contribution < -0.4 is 0 Å². The van der Waals surface area contributed by atoms with Crippen LogP contribution in [0.1, 0.15) is 53.4 Å². The van der Waals surface area contributed by atoms with Crippen molar-refractivity contribution < 1.29 is 5.11 Å². The Hall–Kier alpha value is -0.0400. The van der Waals surface area contributed by atoms with Crippen molar-refractivity contribution in [3.05, 3.63) is 0 Å². The first kappa shape index (κ1) is 10.5. The van der Waals surface area contributed by atoms with Crippen LogP contribution in [0.25, 0.3) is 0 Å². The molecule has 2 bridgehead atoms. The third-order valence-electron chi connectivity index (χ3n) is 5.07. The maximum absolute atomic E-state index is 10.0. The van der Waals surface area contributed by atoms with E-state index in [1.54, 1.807) is 0 Å². The number of hydrogen-bond donors (Lipinski definition) is 1. The van der Waals surface area contributed by atoms with E-state index in [0.29, 0.717) is 16.7 Å². The first-order valence-electron chi connectivity index (χ1n) is 6.05. The molecule has 2 saturated carbocycles. The lowest BCUT2D eigenvalue weighted by atomic mass is 9.68. The van der Waals surface area contributed by atoms with Crippen molar-refractivity contribution in [1.82, 2.24) is 0 Å². The van der Waals surface area contributed by atoms with Gasteiger partial charge in [-0.1, -0.05) is 27.7 Å².